The minimum atomic E-state index is -0.0476. The molecule has 1 heterocycles. The first-order valence-electron chi connectivity index (χ1n) is 7.80. The Morgan fingerprint density at radius 3 is 2.65 bits per heavy atom. The Kier molecular flexibility index (Phi) is 4.60. The fourth-order valence-corrected chi connectivity index (χ4v) is 3.73. The van der Waals surface area contributed by atoms with Crippen LogP contribution in [0.3, 0.4) is 0 Å². The van der Waals surface area contributed by atoms with E-state index in [9.17, 15) is 9.90 Å². The molecule has 6 heteroatoms. The lowest BCUT2D eigenvalue weighted by atomic mass is 9.94. The minimum Gasteiger partial charge on any atom is -0.506 e. The second kappa shape index (κ2) is 6.49. The average Bonchev–Trinajstić information content (AvgIpc) is 2.75. The number of nitrogens with zero attached hydrogens (tertiary/aromatic N) is 2. The van der Waals surface area contributed by atoms with Gasteiger partial charge < -0.3 is 10.0 Å². The van der Waals surface area contributed by atoms with Gasteiger partial charge in [0.25, 0.3) is 5.91 Å². The van der Waals surface area contributed by atoms with E-state index in [-0.39, 0.29) is 22.7 Å². The van der Waals surface area contributed by atoms with E-state index in [1.54, 1.807) is 28.0 Å². The van der Waals surface area contributed by atoms with Gasteiger partial charge in [0.1, 0.15) is 11.4 Å². The highest BCUT2D eigenvalue weighted by atomic mass is 35.5. The number of amides is 1. The van der Waals surface area contributed by atoms with Crippen LogP contribution in [0.1, 0.15) is 37.7 Å². The van der Waals surface area contributed by atoms with E-state index >= 15 is 0 Å². The van der Waals surface area contributed by atoms with E-state index in [1.807, 2.05) is 7.05 Å². The molecule has 0 spiro atoms. The van der Waals surface area contributed by atoms with Crippen LogP contribution < -0.4 is 0 Å². The van der Waals surface area contributed by atoms with Crippen molar-refractivity contribution in [1.29, 1.82) is 0 Å². The third-order valence-electron chi connectivity index (χ3n) is 4.51. The Hall–Kier alpha value is -1.59. The number of carbonyl (C=O) groups is 1. The first-order chi connectivity index (χ1) is 11.0. The molecule has 1 saturated carbocycles. The summed E-state index contributed by atoms with van der Waals surface area (Å²) in [4.78, 5) is 16.4. The van der Waals surface area contributed by atoms with Crippen LogP contribution in [0.4, 0.5) is 0 Å². The molecule has 2 fully saturated rings. The van der Waals surface area contributed by atoms with Crippen molar-refractivity contribution in [3.63, 3.8) is 0 Å². The molecule has 1 saturated heterocycles. The average molecular weight is 351 g/mol. The monoisotopic (exact) mass is 350 g/mol. The molecule has 1 aliphatic heterocycles. The third-order valence-corrected chi connectivity index (χ3v) is 5.28. The predicted molar refractivity (Wildman–Crippen MR) is 95.2 cm³/mol. The van der Waals surface area contributed by atoms with E-state index in [1.165, 1.54) is 12.5 Å². The molecule has 23 heavy (non-hydrogen) atoms. The molecule has 0 unspecified atom stereocenters. The molecule has 1 amide bonds. The molecule has 122 valence electrons. The summed E-state index contributed by atoms with van der Waals surface area (Å²) in [7, 11) is 1.82. The van der Waals surface area contributed by atoms with E-state index in [0.29, 0.717) is 10.8 Å². The van der Waals surface area contributed by atoms with Crippen molar-refractivity contribution in [1.82, 2.24) is 9.80 Å². The molecule has 4 nitrogen and oxygen atoms in total. The normalized spacial score (nSPS) is 21.6. The summed E-state index contributed by atoms with van der Waals surface area (Å²) in [5, 5.41) is 10.3. The number of benzene rings is 1. The maximum absolute atomic E-state index is 12.8. The summed E-state index contributed by atoms with van der Waals surface area (Å²) in [6.45, 7) is 0. The number of aromatic hydroxyl groups is 1. The molecule has 1 aromatic carbocycles. The lowest BCUT2D eigenvalue weighted by Gasteiger charge is -2.30. The number of carbonyl (C=O) groups excluding carboxylic acids is 1. The van der Waals surface area contributed by atoms with Crippen LogP contribution in [0.25, 0.3) is 6.08 Å². The van der Waals surface area contributed by atoms with Gasteiger partial charge in [-0.2, -0.15) is 0 Å². The molecule has 3 rings (SSSR count). The molecular weight excluding hydrogens is 332 g/mol. The number of phenolic OH excluding ortho intramolecular Hbond substituents is 1. The summed E-state index contributed by atoms with van der Waals surface area (Å²) in [5.41, 5.74) is 1.30. The molecule has 0 bridgehead atoms. The number of thiocarbonyl (C=S) groups is 1. The van der Waals surface area contributed by atoms with Gasteiger partial charge in [-0.05, 0) is 48.8 Å². The Morgan fingerprint density at radius 2 is 2.00 bits per heavy atom. The second-order valence-electron chi connectivity index (χ2n) is 6.05. The third kappa shape index (κ3) is 3.08. The Balaban J connectivity index is 1.90. The van der Waals surface area contributed by atoms with E-state index < -0.39 is 0 Å². The highest BCUT2D eigenvalue weighted by Crippen LogP contribution is 2.31. The van der Waals surface area contributed by atoms with Crippen LogP contribution >= 0.6 is 23.8 Å². The van der Waals surface area contributed by atoms with Crippen LogP contribution in [-0.4, -0.2) is 39.0 Å². The molecule has 1 N–H and O–H groups in total. The molecule has 1 aromatic rings. The molecule has 0 atom stereocenters. The zero-order valence-electron chi connectivity index (χ0n) is 13.0. The predicted octanol–water partition coefficient (Wildman–Crippen LogP) is 3.78. The van der Waals surface area contributed by atoms with Gasteiger partial charge >= 0.3 is 0 Å². The number of hydrogen-bond donors (Lipinski definition) is 1. The summed E-state index contributed by atoms with van der Waals surface area (Å²) in [6.07, 6.45) is 7.31. The van der Waals surface area contributed by atoms with Crippen LogP contribution in [0.2, 0.25) is 5.02 Å². The highest BCUT2D eigenvalue weighted by molar-refractivity contribution is 7.80. The Bertz CT molecular complexity index is 683. The van der Waals surface area contributed by atoms with Crippen LogP contribution in [-0.2, 0) is 4.79 Å². The van der Waals surface area contributed by atoms with Crippen molar-refractivity contribution >= 4 is 40.9 Å². The molecular formula is C17H19ClN2O2S. The number of hydrogen-bond acceptors (Lipinski definition) is 3. The van der Waals surface area contributed by atoms with Crippen LogP contribution in [0.15, 0.2) is 23.9 Å². The van der Waals surface area contributed by atoms with E-state index in [0.717, 1.165) is 31.2 Å². The van der Waals surface area contributed by atoms with Crippen LogP contribution in [0, 0.1) is 0 Å². The van der Waals surface area contributed by atoms with Crippen molar-refractivity contribution in [3.05, 3.63) is 34.5 Å². The number of likely N-dealkylation sites (N-methyl/N-ethyl adjacent to an activating group) is 1. The zero-order chi connectivity index (χ0) is 16.6. The fourth-order valence-electron chi connectivity index (χ4n) is 3.21. The maximum Gasteiger partial charge on any atom is 0.277 e. The second-order valence-corrected chi connectivity index (χ2v) is 6.82. The Labute approximate surface area is 146 Å². The molecule has 0 radical (unpaired) electrons. The SMILES string of the molecule is CN1C(=S)N(C2CCCCC2)C(=O)/C1=C/c1ccc(O)c(Cl)c1. The van der Waals surface area contributed by atoms with Gasteiger partial charge in [0.05, 0.1) is 5.02 Å². The van der Waals surface area contributed by atoms with E-state index in [4.69, 9.17) is 23.8 Å². The number of phenols is 1. The summed E-state index contributed by atoms with van der Waals surface area (Å²) < 4.78 is 0. The highest BCUT2D eigenvalue weighted by Gasteiger charge is 2.40. The van der Waals surface area contributed by atoms with Crippen molar-refractivity contribution < 1.29 is 9.90 Å². The number of rotatable bonds is 2. The van der Waals surface area contributed by atoms with Gasteiger partial charge in [-0.1, -0.05) is 36.9 Å². The maximum atomic E-state index is 12.8. The lowest BCUT2D eigenvalue weighted by molar-refractivity contribution is -0.124. The topological polar surface area (TPSA) is 43.8 Å². The first-order valence-corrected chi connectivity index (χ1v) is 8.59. The van der Waals surface area contributed by atoms with E-state index in [2.05, 4.69) is 0 Å². The summed E-state index contributed by atoms with van der Waals surface area (Å²) >= 11 is 11.4. The van der Waals surface area contributed by atoms with Crippen molar-refractivity contribution in [2.45, 2.75) is 38.1 Å². The molecule has 0 aromatic heterocycles. The van der Waals surface area contributed by atoms with Crippen molar-refractivity contribution in [2.24, 2.45) is 0 Å². The van der Waals surface area contributed by atoms with Gasteiger partial charge in [-0.3, -0.25) is 9.69 Å². The lowest BCUT2D eigenvalue weighted by Crippen LogP contribution is -2.41. The first kappa shape index (κ1) is 16.3. The Morgan fingerprint density at radius 1 is 1.30 bits per heavy atom. The molecule has 2 aliphatic rings. The quantitative estimate of drug-likeness (QED) is 0.651. The van der Waals surface area contributed by atoms with Crippen molar-refractivity contribution in [2.75, 3.05) is 7.05 Å². The van der Waals surface area contributed by atoms with Crippen molar-refractivity contribution in [3.8, 4) is 5.75 Å². The zero-order valence-corrected chi connectivity index (χ0v) is 14.5. The summed E-state index contributed by atoms with van der Waals surface area (Å²) in [5.74, 6) is -0.0205. The van der Waals surface area contributed by atoms with Gasteiger partial charge in [-0.25, -0.2) is 0 Å². The smallest absolute Gasteiger partial charge is 0.277 e. The standard InChI is InChI=1S/C17H19ClN2O2S/c1-19-14(10-11-7-8-15(21)13(18)9-11)16(22)20(17(19)23)12-5-3-2-4-6-12/h7-10,12,21H,2-6H2,1H3/b14-10-. The van der Waals surface area contributed by atoms with Gasteiger partial charge in [-0.15, -0.1) is 0 Å². The number of halogens is 1. The van der Waals surface area contributed by atoms with Gasteiger partial charge in [0, 0.05) is 13.1 Å². The summed E-state index contributed by atoms with van der Waals surface area (Å²) in [6, 6.07) is 5.09. The van der Waals surface area contributed by atoms with Crippen LogP contribution in [0.5, 0.6) is 5.75 Å². The fraction of sp³-hybridized carbons (Fsp3) is 0.412. The van der Waals surface area contributed by atoms with Gasteiger partial charge in [0.2, 0.25) is 0 Å². The van der Waals surface area contributed by atoms with Gasteiger partial charge in [0.15, 0.2) is 5.11 Å². The molecule has 1 aliphatic carbocycles. The minimum absolute atomic E-state index is 0.0271. The largest absolute Gasteiger partial charge is 0.506 e.